The molecule has 4 aromatic carbocycles. The monoisotopic (exact) mass is 659 g/mol. The number of para-hydroxylation sites is 1. The van der Waals surface area contributed by atoms with Crippen LogP contribution in [0.15, 0.2) is 103 Å². The van der Waals surface area contributed by atoms with E-state index in [9.17, 15) is 14.4 Å². The highest BCUT2D eigenvalue weighted by Crippen LogP contribution is 2.54. The van der Waals surface area contributed by atoms with E-state index in [0.29, 0.717) is 17.7 Å². The van der Waals surface area contributed by atoms with Gasteiger partial charge < -0.3 is 24.9 Å². The highest BCUT2D eigenvalue weighted by atomic mass is 16.6. The zero-order chi connectivity index (χ0) is 35.0. The van der Waals surface area contributed by atoms with Crippen LogP contribution >= 0.6 is 0 Å². The Morgan fingerprint density at radius 1 is 0.837 bits per heavy atom. The van der Waals surface area contributed by atoms with Gasteiger partial charge in [0.05, 0.1) is 12.8 Å². The SMILES string of the molecule is CC[C@]1(c2ccc(-c3ccccc3)cc2)c2[nH]c3ccccc3c2C[C@](C(N)=O)(c2ccc(OCC(=O)OC)cc2)N1C(=O)OC(C)(C)C. The van der Waals surface area contributed by atoms with Crippen molar-refractivity contribution in [2.45, 2.75) is 57.2 Å². The summed E-state index contributed by atoms with van der Waals surface area (Å²) in [5.41, 5.74) is 8.59. The van der Waals surface area contributed by atoms with E-state index >= 15 is 0 Å². The molecule has 0 aliphatic carbocycles. The second-order valence-corrected chi connectivity index (χ2v) is 13.3. The summed E-state index contributed by atoms with van der Waals surface area (Å²) in [6.45, 7) is 7.11. The Morgan fingerprint density at radius 3 is 2.06 bits per heavy atom. The Balaban J connectivity index is 1.64. The summed E-state index contributed by atoms with van der Waals surface area (Å²) in [4.78, 5) is 46.1. The zero-order valence-electron chi connectivity index (χ0n) is 28.4. The number of methoxy groups -OCH3 is 1. The largest absolute Gasteiger partial charge is 0.482 e. The molecular weight excluding hydrogens is 618 g/mol. The predicted octanol–water partition coefficient (Wildman–Crippen LogP) is 7.21. The van der Waals surface area contributed by atoms with E-state index in [1.54, 1.807) is 49.9 Å². The van der Waals surface area contributed by atoms with Crippen molar-refractivity contribution < 1.29 is 28.6 Å². The first-order chi connectivity index (χ1) is 23.4. The maximum atomic E-state index is 14.9. The number of nitrogens with zero attached hydrogens (tertiary/aromatic N) is 1. The summed E-state index contributed by atoms with van der Waals surface area (Å²) in [6, 6.07) is 32.8. The lowest BCUT2D eigenvalue weighted by molar-refractivity contribution is -0.142. The summed E-state index contributed by atoms with van der Waals surface area (Å²) in [5.74, 6) is -0.852. The molecule has 0 saturated heterocycles. The van der Waals surface area contributed by atoms with E-state index in [1.165, 1.54) is 7.11 Å². The van der Waals surface area contributed by atoms with E-state index < -0.39 is 34.6 Å². The molecule has 1 aliphatic heterocycles. The van der Waals surface area contributed by atoms with Crippen LogP contribution < -0.4 is 10.5 Å². The van der Waals surface area contributed by atoms with Gasteiger partial charge in [-0.05, 0) is 73.2 Å². The van der Waals surface area contributed by atoms with Gasteiger partial charge in [0.15, 0.2) is 12.1 Å². The molecule has 5 aromatic rings. The van der Waals surface area contributed by atoms with Gasteiger partial charge in [-0.1, -0.05) is 91.9 Å². The number of aromatic amines is 1. The van der Waals surface area contributed by atoms with Crippen LogP contribution in [-0.2, 0) is 36.6 Å². The highest BCUT2D eigenvalue weighted by Gasteiger charge is 2.62. The molecule has 2 heterocycles. The lowest BCUT2D eigenvalue weighted by Gasteiger charge is -2.56. The van der Waals surface area contributed by atoms with Gasteiger partial charge in [-0.15, -0.1) is 0 Å². The normalized spacial score (nSPS) is 18.8. The van der Waals surface area contributed by atoms with Crippen molar-refractivity contribution in [3.8, 4) is 16.9 Å². The number of rotatable bonds is 8. The van der Waals surface area contributed by atoms with E-state index in [1.807, 2.05) is 85.8 Å². The minimum atomic E-state index is -1.70. The van der Waals surface area contributed by atoms with Crippen molar-refractivity contribution in [2.75, 3.05) is 13.7 Å². The number of amides is 2. The number of aromatic nitrogens is 1. The minimum Gasteiger partial charge on any atom is -0.482 e. The molecule has 252 valence electrons. The first-order valence-corrected chi connectivity index (χ1v) is 16.3. The Hall–Kier alpha value is -5.57. The highest BCUT2D eigenvalue weighted by molar-refractivity contribution is 5.95. The number of H-pyrrole nitrogens is 1. The topological polar surface area (TPSA) is 124 Å². The molecule has 2 atom stereocenters. The third kappa shape index (κ3) is 5.79. The number of carbonyl (C=O) groups is 3. The molecule has 0 radical (unpaired) electrons. The summed E-state index contributed by atoms with van der Waals surface area (Å²) in [5, 5.41) is 0.934. The molecule has 6 rings (SSSR count). The van der Waals surface area contributed by atoms with Crippen LogP contribution in [0.1, 0.15) is 56.5 Å². The standard InChI is InChI=1S/C40H41N3O6/c1-6-39(28-18-16-27(17-19-28)26-12-8-7-9-13-26)35-32(31-14-10-11-15-33(31)42-35)24-40(36(41)45,43(39)37(46)49-38(2,3)4)29-20-22-30(23-21-29)48-25-34(44)47-5/h7-23,42H,6,24-25H2,1-5H3,(H2,41,45)/t39-,40+/m0/s1. The quantitative estimate of drug-likeness (QED) is 0.170. The van der Waals surface area contributed by atoms with Gasteiger partial charge in [-0.3, -0.25) is 9.69 Å². The number of ether oxygens (including phenoxy) is 3. The Bertz CT molecular complexity index is 2000. The molecule has 3 N–H and O–H groups in total. The molecular formula is C40H41N3O6. The zero-order valence-corrected chi connectivity index (χ0v) is 28.4. The number of nitrogens with two attached hydrogens (primary N) is 1. The van der Waals surface area contributed by atoms with Crippen LogP contribution in [-0.4, -0.2) is 47.2 Å². The lowest BCUT2D eigenvalue weighted by atomic mass is 9.68. The van der Waals surface area contributed by atoms with E-state index in [2.05, 4.69) is 4.98 Å². The van der Waals surface area contributed by atoms with Gasteiger partial charge in [0.25, 0.3) is 0 Å². The maximum Gasteiger partial charge on any atom is 0.412 e. The van der Waals surface area contributed by atoms with Gasteiger partial charge >= 0.3 is 12.1 Å². The number of nitrogens with one attached hydrogen (secondary N) is 1. The fourth-order valence-electron chi connectivity index (χ4n) is 7.11. The van der Waals surface area contributed by atoms with Crippen molar-refractivity contribution in [3.05, 3.63) is 126 Å². The van der Waals surface area contributed by atoms with E-state index in [4.69, 9.17) is 19.9 Å². The average molecular weight is 660 g/mol. The van der Waals surface area contributed by atoms with Crippen LogP contribution in [0, 0.1) is 0 Å². The van der Waals surface area contributed by atoms with E-state index in [0.717, 1.165) is 38.9 Å². The minimum absolute atomic E-state index is 0.0904. The van der Waals surface area contributed by atoms with Crippen molar-refractivity contribution in [2.24, 2.45) is 5.73 Å². The molecule has 2 amide bonds. The fraction of sp³-hybridized carbons (Fsp3) is 0.275. The number of primary amides is 1. The number of hydrogen-bond acceptors (Lipinski definition) is 6. The lowest BCUT2D eigenvalue weighted by Crippen LogP contribution is -2.68. The van der Waals surface area contributed by atoms with Gasteiger partial charge in [0.1, 0.15) is 16.9 Å². The Morgan fingerprint density at radius 2 is 1.45 bits per heavy atom. The number of fused-ring (bicyclic) bond motifs is 3. The number of benzene rings is 4. The van der Waals surface area contributed by atoms with Gasteiger partial charge in [0.2, 0.25) is 5.91 Å². The van der Waals surface area contributed by atoms with Crippen molar-refractivity contribution in [3.63, 3.8) is 0 Å². The Kier molecular flexibility index (Phi) is 8.71. The molecule has 1 aliphatic rings. The molecule has 9 heteroatoms. The van der Waals surface area contributed by atoms with Crippen LogP contribution in [0.2, 0.25) is 0 Å². The summed E-state index contributed by atoms with van der Waals surface area (Å²) in [7, 11) is 1.29. The second kappa shape index (κ2) is 12.8. The molecule has 9 nitrogen and oxygen atoms in total. The molecule has 1 aromatic heterocycles. The molecule has 0 unspecified atom stereocenters. The smallest absolute Gasteiger partial charge is 0.412 e. The first kappa shape index (κ1) is 33.3. The number of carbonyl (C=O) groups excluding carboxylic acids is 3. The fourth-order valence-corrected chi connectivity index (χ4v) is 7.11. The summed E-state index contributed by atoms with van der Waals surface area (Å²) in [6.07, 6.45) is -0.213. The number of hydrogen-bond donors (Lipinski definition) is 2. The third-order valence-electron chi connectivity index (χ3n) is 9.30. The van der Waals surface area contributed by atoms with Gasteiger partial charge in [-0.25, -0.2) is 9.59 Å². The van der Waals surface area contributed by atoms with Gasteiger partial charge in [0, 0.05) is 17.3 Å². The molecule has 0 bridgehead atoms. The van der Waals surface area contributed by atoms with Crippen molar-refractivity contribution >= 4 is 28.9 Å². The summed E-state index contributed by atoms with van der Waals surface area (Å²) < 4.78 is 16.5. The predicted molar refractivity (Wildman–Crippen MR) is 188 cm³/mol. The van der Waals surface area contributed by atoms with Crippen LogP contribution in [0.25, 0.3) is 22.0 Å². The van der Waals surface area contributed by atoms with E-state index in [-0.39, 0.29) is 13.0 Å². The van der Waals surface area contributed by atoms with Crippen molar-refractivity contribution in [1.82, 2.24) is 9.88 Å². The van der Waals surface area contributed by atoms with Crippen LogP contribution in [0.4, 0.5) is 4.79 Å². The van der Waals surface area contributed by atoms with Crippen LogP contribution in [0.5, 0.6) is 5.75 Å². The molecule has 0 spiro atoms. The van der Waals surface area contributed by atoms with Crippen molar-refractivity contribution in [1.29, 1.82) is 0 Å². The first-order valence-electron chi connectivity index (χ1n) is 16.3. The van der Waals surface area contributed by atoms with Crippen LogP contribution in [0.3, 0.4) is 0 Å². The number of esters is 1. The third-order valence-corrected chi connectivity index (χ3v) is 9.30. The average Bonchev–Trinajstić information content (AvgIpc) is 3.48. The Labute approximate surface area is 286 Å². The summed E-state index contributed by atoms with van der Waals surface area (Å²) >= 11 is 0. The maximum absolute atomic E-state index is 14.9. The second-order valence-electron chi connectivity index (χ2n) is 13.3. The molecule has 49 heavy (non-hydrogen) atoms. The molecule has 0 fully saturated rings. The van der Waals surface area contributed by atoms with Gasteiger partial charge in [-0.2, -0.15) is 0 Å². The molecule has 0 saturated carbocycles.